The van der Waals surface area contributed by atoms with Crippen molar-refractivity contribution in [2.75, 3.05) is 33.9 Å². The van der Waals surface area contributed by atoms with E-state index in [9.17, 15) is 0 Å². The zero-order chi connectivity index (χ0) is 20.9. The Morgan fingerprint density at radius 3 is 2.73 bits per heavy atom. The van der Waals surface area contributed by atoms with Gasteiger partial charge in [-0.1, -0.05) is 19.1 Å². The van der Waals surface area contributed by atoms with Crippen LogP contribution in [-0.2, 0) is 6.54 Å². The summed E-state index contributed by atoms with van der Waals surface area (Å²) in [5, 5.41) is 3.04. The summed E-state index contributed by atoms with van der Waals surface area (Å²) < 4.78 is 22.8. The lowest BCUT2D eigenvalue weighted by Gasteiger charge is -2.30. The van der Waals surface area contributed by atoms with Gasteiger partial charge in [-0.2, -0.15) is 0 Å². The van der Waals surface area contributed by atoms with E-state index in [0.29, 0.717) is 6.61 Å². The lowest BCUT2D eigenvalue weighted by Crippen LogP contribution is -2.40. The number of hydrogen-bond donors (Lipinski definition) is 0. The fraction of sp³-hybridized carbons (Fsp3) is 0.348. The Morgan fingerprint density at radius 2 is 1.97 bits per heavy atom. The first-order chi connectivity index (χ1) is 14.7. The molecule has 1 aliphatic heterocycles. The van der Waals surface area contributed by atoms with E-state index < -0.39 is 0 Å². The SMILES string of the molecule is CCN(Cc1csc(-c2ccc(OC)cc2OC)n1)CC1COc2ccccc2O1. The van der Waals surface area contributed by atoms with Crippen LogP contribution >= 0.6 is 11.3 Å². The number of fused-ring (bicyclic) bond motifs is 1. The summed E-state index contributed by atoms with van der Waals surface area (Å²) in [5.74, 6) is 3.15. The molecule has 3 aromatic rings. The molecule has 1 aliphatic rings. The molecule has 6 nitrogen and oxygen atoms in total. The van der Waals surface area contributed by atoms with Crippen molar-refractivity contribution in [3.8, 4) is 33.6 Å². The normalized spacial score (nSPS) is 15.3. The van der Waals surface area contributed by atoms with Gasteiger partial charge < -0.3 is 18.9 Å². The number of methoxy groups -OCH3 is 2. The highest BCUT2D eigenvalue weighted by Gasteiger charge is 2.23. The van der Waals surface area contributed by atoms with Crippen molar-refractivity contribution in [2.45, 2.75) is 19.6 Å². The van der Waals surface area contributed by atoms with Gasteiger partial charge in [-0.15, -0.1) is 11.3 Å². The predicted molar refractivity (Wildman–Crippen MR) is 118 cm³/mol. The molecular weight excluding hydrogens is 400 g/mol. The Balaban J connectivity index is 1.42. The number of benzene rings is 2. The van der Waals surface area contributed by atoms with Gasteiger partial charge in [-0.25, -0.2) is 4.98 Å². The van der Waals surface area contributed by atoms with Gasteiger partial charge in [0, 0.05) is 24.5 Å². The van der Waals surface area contributed by atoms with Gasteiger partial charge in [0.2, 0.25) is 0 Å². The number of para-hydroxylation sites is 2. The van der Waals surface area contributed by atoms with Crippen molar-refractivity contribution in [1.29, 1.82) is 0 Å². The Labute approximate surface area is 181 Å². The molecule has 0 amide bonds. The van der Waals surface area contributed by atoms with Crippen molar-refractivity contribution >= 4 is 11.3 Å². The lowest BCUT2D eigenvalue weighted by atomic mass is 10.2. The molecular formula is C23H26N2O4S. The Hall–Kier alpha value is -2.77. The number of hydrogen-bond acceptors (Lipinski definition) is 7. The van der Waals surface area contributed by atoms with E-state index in [1.807, 2.05) is 42.5 Å². The summed E-state index contributed by atoms with van der Waals surface area (Å²) in [6.45, 7) is 5.15. The van der Waals surface area contributed by atoms with Crippen LogP contribution in [0.4, 0.5) is 0 Å². The summed E-state index contributed by atoms with van der Waals surface area (Å²) in [6, 6.07) is 13.6. The fourth-order valence-electron chi connectivity index (χ4n) is 3.45. The molecule has 1 unspecified atom stereocenters. The van der Waals surface area contributed by atoms with Crippen LogP contribution in [0.15, 0.2) is 47.8 Å². The van der Waals surface area contributed by atoms with Crippen LogP contribution in [-0.4, -0.2) is 49.9 Å². The smallest absolute Gasteiger partial charge is 0.161 e. The third-order valence-corrected chi connectivity index (χ3v) is 5.98. The molecule has 2 heterocycles. The maximum absolute atomic E-state index is 6.12. The summed E-state index contributed by atoms with van der Waals surface area (Å²) in [4.78, 5) is 7.17. The van der Waals surface area contributed by atoms with Crippen molar-refractivity contribution in [2.24, 2.45) is 0 Å². The number of likely N-dealkylation sites (N-methyl/N-ethyl adjacent to an activating group) is 1. The molecule has 1 atom stereocenters. The second-order valence-electron chi connectivity index (χ2n) is 7.04. The number of rotatable bonds is 8. The number of aromatic nitrogens is 1. The highest BCUT2D eigenvalue weighted by molar-refractivity contribution is 7.13. The van der Waals surface area contributed by atoms with Crippen LogP contribution in [0.1, 0.15) is 12.6 Å². The molecule has 7 heteroatoms. The van der Waals surface area contributed by atoms with E-state index >= 15 is 0 Å². The van der Waals surface area contributed by atoms with Gasteiger partial charge in [0.15, 0.2) is 11.5 Å². The zero-order valence-electron chi connectivity index (χ0n) is 17.5. The summed E-state index contributed by atoms with van der Waals surface area (Å²) in [6.07, 6.45) is -0.000335. The third kappa shape index (κ3) is 4.52. The molecule has 158 valence electrons. The van der Waals surface area contributed by atoms with E-state index in [1.165, 1.54) is 0 Å². The number of ether oxygens (including phenoxy) is 4. The Bertz CT molecular complexity index is 991. The second kappa shape index (κ2) is 9.36. The van der Waals surface area contributed by atoms with Gasteiger partial charge in [0.25, 0.3) is 0 Å². The zero-order valence-corrected chi connectivity index (χ0v) is 18.3. The Morgan fingerprint density at radius 1 is 1.13 bits per heavy atom. The highest BCUT2D eigenvalue weighted by Crippen LogP contribution is 2.35. The van der Waals surface area contributed by atoms with E-state index in [1.54, 1.807) is 25.6 Å². The highest BCUT2D eigenvalue weighted by atomic mass is 32.1. The standard InChI is InChI=1S/C23H26N2O4S/c1-4-25(13-18-14-28-20-7-5-6-8-21(20)29-18)12-16-15-30-23(24-16)19-10-9-17(26-2)11-22(19)27-3/h5-11,15,18H,4,12-14H2,1-3H3. The largest absolute Gasteiger partial charge is 0.497 e. The van der Waals surface area contributed by atoms with Crippen molar-refractivity contribution in [1.82, 2.24) is 9.88 Å². The third-order valence-electron chi connectivity index (χ3n) is 5.05. The maximum atomic E-state index is 6.12. The summed E-state index contributed by atoms with van der Waals surface area (Å²) in [7, 11) is 3.31. The number of nitrogens with zero attached hydrogens (tertiary/aromatic N) is 2. The molecule has 4 rings (SSSR count). The minimum atomic E-state index is -0.000335. The van der Waals surface area contributed by atoms with Gasteiger partial charge >= 0.3 is 0 Å². The molecule has 30 heavy (non-hydrogen) atoms. The van der Waals surface area contributed by atoms with Gasteiger partial charge in [-0.3, -0.25) is 4.90 Å². The molecule has 0 saturated carbocycles. The van der Waals surface area contributed by atoms with E-state index in [4.69, 9.17) is 23.9 Å². The van der Waals surface area contributed by atoms with Gasteiger partial charge in [-0.05, 0) is 30.8 Å². The molecule has 0 radical (unpaired) electrons. The monoisotopic (exact) mass is 426 g/mol. The average molecular weight is 427 g/mol. The predicted octanol–water partition coefficient (Wildman–Crippen LogP) is 4.49. The summed E-state index contributed by atoms with van der Waals surface area (Å²) >= 11 is 1.62. The minimum Gasteiger partial charge on any atom is -0.497 e. The second-order valence-corrected chi connectivity index (χ2v) is 7.89. The molecule has 0 bridgehead atoms. The summed E-state index contributed by atoms with van der Waals surface area (Å²) in [5.41, 5.74) is 2.00. The van der Waals surface area contributed by atoms with Crippen molar-refractivity contribution in [3.05, 3.63) is 53.5 Å². The van der Waals surface area contributed by atoms with E-state index in [-0.39, 0.29) is 6.10 Å². The molecule has 0 N–H and O–H groups in total. The first-order valence-corrected chi connectivity index (χ1v) is 10.9. The first-order valence-electron chi connectivity index (χ1n) is 9.97. The first kappa shape index (κ1) is 20.5. The van der Waals surface area contributed by atoms with Crippen molar-refractivity contribution < 1.29 is 18.9 Å². The average Bonchev–Trinajstić information content (AvgIpc) is 3.26. The van der Waals surface area contributed by atoms with E-state index in [0.717, 1.165) is 58.9 Å². The molecule has 0 fully saturated rings. The molecule has 1 aromatic heterocycles. The number of thiazole rings is 1. The molecule has 0 spiro atoms. The van der Waals surface area contributed by atoms with Crippen LogP contribution in [0.3, 0.4) is 0 Å². The fourth-order valence-corrected chi connectivity index (χ4v) is 4.29. The topological polar surface area (TPSA) is 53.1 Å². The maximum Gasteiger partial charge on any atom is 0.161 e. The van der Waals surface area contributed by atoms with Gasteiger partial charge in [0.1, 0.15) is 29.2 Å². The Kier molecular flexibility index (Phi) is 6.40. The van der Waals surface area contributed by atoms with Crippen LogP contribution in [0.25, 0.3) is 10.6 Å². The van der Waals surface area contributed by atoms with Crippen LogP contribution in [0, 0.1) is 0 Å². The van der Waals surface area contributed by atoms with Crippen LogP contribution < -0.4 is 18.9 Å². The van der Waals surface area contributed by atoms with E-state index in [2.05, 4.69) is 17.2 Å². The lowest BCUT2D eigenvalue weighted by molar-refractivity contribution is 0.0577. The quantitative estimate of drug-likeness (QED) is 0.529. The minimum absolute atomic E-state index is 0.000335. The molecule has 0 aliphatic carbocycles. The molecule has 0 saturated heterocycles. The van der Waals surface area contributed by atoms with Crippen molar-refractivity contribution in [3.63, 3.8) is 0 Å². The van der Waals surface area contributed by atoms with Gasteiger partial charge in [0.05, 0.1) is 25.5 Å². The molecule has 2 aromatic carbocycles. The van der Waals surface area contributed by atoms with Crippen LogP contribution in [0.5, 0.6) is 23.0 Å². The van der Waals surface area contributed by atoms with Crippen LogP contribution in [0.2, 0.25) is 0 Å².